The van der Waals surface area contributed by atoms with E-state index in [1.54, 1.807) is 0 Å². The Labute approximate surface area is 119 Å². The van der Waals surface area contributed by atoms with Crippen LogP contribution in [-0.4, -0.2) is 13.1 Å². The molecule has 3 rings (SSSR count). The molecule has 0 saturated heterocycles. The summed E-state index contributed by atoms with van der Waals surface area (Å²) in [7, 11) is 1.46. The van der Waals surface area contributed by atoms with E-state index in [9.17, 15) is 4.79 Å². The molecule has 0 amide bonds. The summed E-state index contributed by atoms with van der Waals surface area (Å²) in [6, 6.07) is 10.9. The topological polar surface area (TPSA) is 26.3 Å². The molecule has 0 radical (unpaired) electrons. The van der Waals surface area contributed by atoms with Gasteiger partial charge in [-0.1, -0.05) is 30.3 Å². The van der Waals surface area contributed by atoms with Crippen molar-refractivity contribution in [3.63, 3.8) is 0 Å². The van der Waals surface area contributed by atoms with Crippen LogP contribution in [0.1, 0.15) is 36.0 Å². The Morgan fingerprint density at radius 3 is 2.85 bits per heavy atom. The normalized spacial score (nSPS) is 14.1. The van der Waals surface area contributed by atoms with Crippen molar-refractivity contribution in [2.45, 2.75) is 38.5 Å². The van der Waals surface area contributed by atoms with Crippen molar-refractivity contribution in [1.82, 2.24) is 0 Å². The van der Waals surface area contributed by atoms with E-state index in [0.29, 0.717) is 6.42 Å². The quantitative estimate of drug-likeness (QED) is 0.791. The molecule has 0 fully saturated rings. The van der Waals surface area contributed by atoms with Crippen LogP contribution in [0.5, 0.6) is 0 Å². The fourth-order valence-corrected chi connectivity index (χ4v) is 3.30. The largest absolute Gasteiger partial charge is 0.469 e. The molecule has 1 aliphatic rings. The molecule has 20 heavy (non-hydrogen) atoms. The van der Waals surface area contributed by atoms with Crippen molar-refractivity contribution >= 4 is 16.7 Å². The summed E-state index contributed by atoms with van der Waals surface area (Å²) in [6.07, 6.45) is 6.12. The summed E-state index contributed by atoms with van der Waals surface area (Å²) >= 11 is 0. The minimum absolute atomic E-state index is 0.123. The third-order valence-corrected chi connectivity index (χ3v) is 4.30. The van der Waals surface area contributed by atoms with Crippen molar-refractivity contribution < 1.29 is 9.53 Å². The van der Waals surface area contributed by atoms with Gasteiger partial charge in [-0.15, -0.1) is 0 Å². The lowest BCUT2D eigenvalue weighted by Crippen LogP contribution is -2.09. The number of ether oxygens (including phenoxy) is 1. The van der Waals surface area contributed by atoms with Gasteiger partial charge < -0.3 is 4.74 Å². The maximum absolute atomic E-state index is 11.5. The van der Waals surface area contributed by atoms with Gasteiger partial charge in [-0.25, -0.2) is 0 Å². The number of esters is 1. The lowest BCUT2D eigenvalue weighted by atomic mass is 9.83. The van der Waals surface area contributed by atoms with Gasteiger partial charge in [-0.3, -0.25) is 4.79 Å². The van der Waals surface area contributed by atoms with E-state index in [1.165, 1.54) is 53.8 Å². The van der Waals surface area contributed by atoms with Gasteiger partial charge in [0.1, 0.15) is 0 Å². The molecule has 0 spiro atoms. The Morgan fingerprint density at radius 2 is 2.00 bits per heavy atom. The maximum Gasteiger partial charge on any atom is 0.305 e. The van der Waals surface area contributed by atoms with Crippen LogP contribution in [0.15, 0.2) is 30.3 Å². The Morgan fingerprint density at radius 1 is 1.20 bits per heavy atom. The first-order chi connectivity index (χ1) is 9.79. The summed E-state index contributed by atoms with van der Waals surface area (Å²) in [5, 5.41) is 2.60. The fourth-order valence-electron chi connectivity index (χ4n) is 3.30. The predicted molar refractivity (Wildman–Crippen MR) is 80.9 cm³/mol. The Bertz CT molecular complexity index is 643. The number of hydrogen-bond acceptors (Lipinski definition) is 2. The van der Waals surface area contributed by atoms with Gasteiger partial charge in [0.25, 0.3) is 0 Å². The highest BCUT2D eigenvalue weighted by molar-refractivity contribution is 5.88. The fraction of sp³-hybridized carbons (Fsp3) is 0.389. The van der Waals surface area contributed by atoms with Gasteiger partial charge in [0.05, 0.1) is 7.11 Å². The molecule has 2 aromatic carbocycles. The highest BCUT2D eigenvalue weighted by Crippen LogP contribution is 2.32. The molecule has 0 aromatic heterocycles. The number of hydrogen-bond donors (Lipinski definition) is 0. The predicted octanol–water partition coefficient (Wildman–Crippen LogP) is 3.82. The highest BCUT2D eigenvalue weighted by atomic mass is 16.5. The van der Waals surface area contributed by atoms with Crippen molar-refractivity contribution in [3.05, 3.63) is 47.0 Å². The van der Waals surface area contributed by atoms with Crippen molar-refractivity contribution in [3.8, 4) is 0 Å². The van der Waals surface area contributed by atoms with Crippen molar-refractivity contribution in [2.75, 3.05) is 7.11 Å². The van der Waals surface area contributed by atoms with Crippen LogP contribution in [0, 0.1) is 0 Å². The Balaban J connectivity index is 2.08. The number of rotatable bonds is 3. The van der Waals surface area contributed by atoms with Gasteiger partial charge in [0.15, 0.2) is 0 Å². The van der Waals surface area contributed by atoms with Crippen LogP contribution in [0.2, 0.25) is 0 Å². The summed E-state index contributed by atoms with van der Waals surface area (Å²) in [4.78, 5) is 11.5. The second-order valence-corrected chi connectivity index (χ2v) is 5.50. The van der Waals surface area contributed by atoms with E-state index in [0.717, 1.165) is 12.8 Å². The highest BCUT2D eigenvalue weighted by Gasteiger charge is 2.17. The number of carbonyl (C=O) groups is 1. The molecule has 0 heterocycles. The Kier molecular flexibility index (Phi) is 3.72. The van der Waals surface area contributed by atoms with E-state index in [2.05, 4.69) is 30.3 Å². The SMILES string of the molecule is COC(=O)CCc1c2c(cc3ccccc13)CCCC2. The van der Waals surface area contributed by atoms with Crippen molar-refractivity contribution in [2.24, 2.45) is 0 Å². The zero-order valence-electron chi connectivity index (χ0n) is 11.9. The standard InChI is InChI=1S/C18H20O2/c1-20-18(19)11-10-17-15-8-4-2-6-13(15)12-14-7-3-5-9-16(14)17/h2,4,6,8,12H,3,5,7,9-11H2,1H3. The van der Waals surface area contributed by atoms with E-state index in [4.69, 9.17) is 4.74 Å². The minimum Gasteiger partial charge on any atom is -0.469 e. The molecule has 0 atom stereocenters. The second kappa shape index (κ2) is 5.66. The van der Waals surface area contributed by atoms with Gasteiger partial charge in [-0.2, -0.15) is 0 Å². The number of methoxy groups -OCH3 is 1. The van der Waals surface area contributed by atoms with Crippen LogP contribution in [0.25, 0.3) is 10.8 Å². The number of carbonyl (C=O) groups excluding carboxylic acids is 1. The van der Waals surface area contributed by atoms with Gasteiger partial charge >= 0.3 is 5.97 Å². The molecule has 104 valence electrons. The van der Waals surface area contributed by atoms with E-state index < -0.39 is 0 Å². The first kappa shape index (κ1) is 13.2. The number of benzene rings is 2. The van der Waals surface area contributed by atoms with Crippen LogP contribution in [-0.2, 0) is 28.8 Å². The second-order valence-electron chi connectivity index (χ2n) is 5.50. The lowest BCUT2D eigenvalue weighted by molar-refractivity contribution is -0.140. The molecular weight excluding hydrogens is 248 g/mol. The summed E-state index contributed by atoms with van der Waals surface area (Å²) in [5.74, 6) is -0.123. The first-order valence-corrected chi connectivity index (χ1v) is 7.39. The Hall–Kier alpha value is -1.83. The lowest BCUT2D eigenvalue weighted by Gasteiger charge is -2.21. The van der Waals surface area contributed by atoms with Gasteiger partial charge in [0, 0.05) is 6.42 Å². The average molecular weight is 268 g/mol. The zero-order chi connectivity index (χ0) is 13.9. The summed E-state index contributed by atoms with van der Waals surface area (Å²) in [5.41, 5.74) is 4.33. The molecule has 0 bridgehead atoms. The summed E-state index contributed by atoms with van der Waals surface area (Å²) < 4.78 is 4.79. The molecule has 2 nitrogen and oxygen atoms in total. The first-order valence-electron chi connectivity index (χ1n) is 7.39. The number of fused-ring (bicyclic) bond motifs is 2. The molecule has 2 aromatic rings. The molecule has 2 heteroatoms. The third kappa shape index (κ3) is 2.43. The van der Waals surface area contributed by atoms with E-state index >= 15 is 0 Å². The maximum atomic E-state index is 11.5. The minimum atomic E-state index is -0.123. The molecule has 0 saturated carbocycles. The van der Waals surface area contributed by atoms with E-state index in [1.807, 2.05) is 0 Å². The van der Waals surface area contributed by atoms with Crippen LogP contribution < -0.4 is 0 Å². The summed E-state index contributed by atoms with van der Waals surface area (Å²) in [6.45, 7) is 0. The molecular formula is C18H20O2. The molecule has 0 N–H and O–H groups in total. The average Bonchev–Trinajstić information content (AvgIpc) is 2.51. The smallest absolute Gasteiger partial charge is 0.305 e. The monoisotopic (exact) mass is 268 g/mol. The van der Waals surface area contributed by atoms with Crippen molar-refractivity contribution in [1.29, 1.82) is 0 Å². The van der Waals surface area contributed by atoms with Gasteiger partial charge in [-0.05, 0) is 59.6 Å². The third-order valence-electron chi connectivity index (χ3n) is 4.30. The van der Waals surface area contributed by atoms with Crippen LogP contribution in [0.3, 0.4) is 0 Å². The van der Waals surface area contributed by atoms with Gasteiger partial charge in [0.2, 0.25) is 0 Å². The van der Waals surface area contributed by atoms with Crippen LogP contribution in [0.4, 0.5) is 0 Å². The van der Waals surface area contributed by atoms with E-state index in [-0.39, 0.29) is 5.97 Å². The molecule has 1 aliphatic carbocycles. The zero-order valence-corrected chi connectivity index (χ0v) is 11.9. The van der Waals surface area contributed by atoms with Crippen LogP contribution >= 0.6 is 0 Å². The number of aryl methyl sites for hydroxylation is 2. The molecule has 0 unspecified atom stereocenters. The molecule has 0 aliphatic heterocycles.